The van der Waals surface area contributed by atoms with Crippen LogP contribution in [0.2, 0.25) is 0 Å². The minimum Gasteiger partial charge on any atom is -0.392 e. The second-order valence-corrected chi connectivity index (χ2v) is 5.64. The van der Waals surface area contributed by atoms with Gasteiger partial charge in [0.05, 0.1) is 22.8 Å². The van der Waals surface area contributed by atoms with Crippen LogP contribution in [0.15, 0.2) is 23.1 Å². The van der Waals surface area contributed by atoms with Crippen LogP contribution in [0.5, 0.6) is 0 Å². The second-order valence-electron chi connectivity index (χ2n) is 3.39. The van der Waals surface area contributed by atoms with E-state index in [-0.39, 0.29) is 5.56 Å². The van der Waals surface area contributed by atoms with Crippen LogP contribution >= 0.6 is 0 Å². The van der Waals surface area contributed by atoms with Gasteiger partial charge in [0.15, 0.2) is 9.84 Å². The van der Waals surface area contributed by atoms with E-state index in [0.29, 0.717) is 6.07 Å². The number of aliphatic hydroxyl groups is 1. The predicted molar refractivity (Wildman–Crippen MR) is 55.1 cm³/mol. The number of alkyl halides is 3. The van der Waals surface area contributed by atoms with Crippen molar-refractivity contribution in [2.45, 2.75) is 24.6 Å². The first-order chi connectivity index (χ1) is 7.72. The maximum atomic E-state index is 12.7. The molecule has 0 aliphatic heterocycles. The van der Waals surface area contributed by atoms with Gasteiger partial charge in [-0.3, -0.25) is 0 Å². The molecule has 0 aromatic heterocycles. The Bertz CT molecular complexity index is 506. The summed E-state index contributed by atoms with van der Waals surface area (Å²) in [5.74, 6) is -0.408. The van der Waals surface area contributed by atoms with Gasteiger partial charge in [0.2, 0.25) is 0 Å². The fraction of sp³-hybridized carbons (Fsp3) is 0.400. The summed E-state index contributed by atoms with van der Waals surface area (Å²) in [6.07, 6.45) is -4.76. The molecule has 0 saturated heterocycles. The molecule has 1 aromatic rings. The van der Waals surface area contributed by atoms with Crippen LogP contribution < -0.4 is 0 Å². The largest absolute Gasteiger partial charge is 0.417 e. The van der Waals surface area contributed by atoms with Gasteiger partial charge in [0.1, 0.15) is 0 Å². The van der Waals surface area contributed by atoms with Crippen molar-refractivity contribution >= 4 is 9.84 Å². The lowest BCUT2D eigenvalue weighted by atomic mass is 10.1. The minimum absolute atomic E-state index is 0.0207. The van der Waals surface area contributed by atoms with E-state index in [1.54, 1.807) is 0 Å². The zero-order valence-electron chi connectivity index (χ0n) is 8.95. The first-order valence-corrected chi connectivity index (χ1v) is 6.41. The number of sulfone groups is 1. The molecular formula is C10H11F3O3S. The Morgan fingerprint density at radius 1 is 1.29 bits per heavy atom. The summed E-state index contributed by atoms with van der Waals surface area (Å²) >= 11 is 0. The van der Waals surface area contributed by atoms with Gasteiger partial charge in [0.25, 0.3) is 0 Å². The molecule has 0 spiro atoms. The molecule has 0 heterocycles. The van der Waals surface area contributed by atoms with E-state index >= 15 is 0 Å². The molecule has 7 heteroatoms. The highest BCUT2D eigenvalue weighted by molar-refractivity contribution is 7.91. The van der Waals surface area contributed by atoms with Crippen LogP contribution in [0.3, 0.4) is 0 Å². The highest BCUT2D eigenvalue weighted by Crippen LogP contribution is 2.35. The average molecular weight is 268 g/mol. The molecule has 0 radical (unpaired) electrons. The molecule has 0 aliphatic rings. The zero-order valence-corrected chi connectivity index (χ0v) is 9.77. The summed E-state index contributed by atoms with van der Waals surface area (Å²) in [6, 6.07) is 2.70. The van der Waals surface area contributed by atoms with Gasteiger partial charge in [-0.2, -0.15) is 13.2 Å². The van der Waals surface area contributed by atoms with Crippen molar-refractivity contribution in [2.75, 3.05) is 5.75 Å². The monoisotopic (exact) mass is 268 g/mol. The molecule has 1 aromatic carbocycles. The molecule has 0 atom stereocenters. The van der Waals surface area contributed by atoms with Crippen molar-refractivity contribution in [3.63, 3.8) is 0 Å². The number of hydrogen-bond acceptors (Lipinski definition) is 3. The van der Waals surface area contributed by atoms with Crippen LogP contribution in [-0.4, -0.2) is 19.3 Å². The van der Waals surface area contributed by atoms with Crippen LogP contribution in [0.4, 0.5) is 13.2 Å². The SMILES string of the molecule is CCS(=O)(=O)c1ccc(CO)cc1C(F)(F)F. The lowest BCUT2D eigenvalue weighted by Gasteiger charge is -2.13. The average Bonchev–Trinajstić information content (AvgIpc) is 2.27. The first kappa shape index (κ1) is 14.0. The normalized spacial score (nSPS) is 12.8. The molecule has 96 valence electrons. The van der Waals surface area contributed by atoms with Gasteiger partial charge in [-0.25, -0.2) is 8.42 Å². The number of benzene rings is 1. The molecule has 0 aliphatic carbocycles. The van der Waals surface area contributed by atoms with Crippen molar-refractivity contribution in [2.24, 2.45) is 0 Å². The summed E-state index contributed by atoms with van der Waals surface area (Å²) in [4.78, 5) is -0.746. The van der Waals surface area contributed by atoms with Gasteiger partial charge in [-0.1, -0.05) is 13.0 Å². The van der Waals surface area contributed by atoms with Crippen molar-refractivity contribution in [3.8, 4) is 0 Å². The Kier molecular flexibility index (Phi) is 3.83. The maximum absolute atomic E-state index is 12.7. The van der Waals surface area contributed by atoms with Gasteiger partial charge in [-0.15, -0.1) is 0 Å². The molecule has 3 nitrogen and oxygen atoms in total. The summed E-state index contributed by atoms with van der Waals surface area (Å²) < 4.78 is 61.1. The van der Waals surface area contributed by atoms with Crippen molar-refractivity contribution in [1.82, 2.24) is 0 Å². The second kappa shape index (κ2) is 4.66. The maximum Gasteiger partial charge on any atom is 0.417 e. The Morgan fingerprint density at radius 3 is 2.29 bits per heavy atom. The quantitative estimate of drug-likeness (QED) is 0.912. The third-order valence-electron chi connectivity index (χ3n) is 2.25. The van der Waals surface area contributed by atoms with Gasteiger partial charge < -0.3 is 5.11 Å². The van der Waals surface area contributed by atoms with E-state index < -0.39 is 38.8 Å². The fourth-order valence-corrected chi connectivity index (χ4v) is 2.42. The Hall–Kier alpha value is -1.08. The number of halogens is 3. The Balaban J connectivity index is 3.52. The van der Waals surface area contributed by atoms with Crippen LogP contribution in [-0.2, 0) is 22.6 Å². The zero-order chi connectivity index (χ0) is 13.3. The van der Waals surface area contributed by atoms with E-state index in [9.17, 15) is 21.6 Å². The molecular weight excluding hydrogens is 257 g/mol. The highest BCUT2D eigenvalue weighted by Gasteiger charge is 2.36. The lowest BCUT2D eigenvalue weighted by molar-refractivity contribution is -0.139. The Labute approximate surface area is 96.8 Å². The molecule has 0 unspecified atom stereocenters. The van der Waals surface area contributed by atoms with Crippen molar-refractivity contribution in [1.29, 1.82) is 0 Å². The Morgan fingerprint density at radius 2 is 1.88 bits per heavy atom. The third-order valence-corrected chi connectivity index (χ3v) is 4.03. The summed E-state index contributed by atoms with van der Waals surface area (Å²) in [5.41, 5.74) is -1.21. The summed E-state index contributed by atoms with van der Waals surface area (Å²) in [7, 11) is -3.94. The number of rotatable bonds is 3. The van der Waals surface area contributed by atoms with Crippen molar-refractivity contribution < 1.29 is 26.7 Å². The molecule has 0 amide bonds. The molecule has 17 heavy (non-hydrogen) atoms. The molecule has 0 saturated carbocycles. The van der Waals surface area contributed by atoms with Gasteiger partial charge in [-0.05, 0) is 17.7 Å². The minimum atomic E-state index is -4.76. The smallest absolute Gasteiger partial charge is 0.392 e. The lowest BCUT2D eigenvalue weighted by Crippen LogP contribution is -2.15. The third kappa shape index (κ3) is 2.98. The van der Waals surface area contributed by atoms with Crippen molar-refractivity contribution in [3.05, 3.63) is 29.3 Å². The fourth-order valence-electron chi connectivity index (χ4n) is 1.32. The van der Waals surface area contributed by atoms with Crippen LogP contribution in [0.1, 0.15) is 18.1 Å². The first-order valence-electron chi connectivity index (χ1n) is 4.76. The number of hydrogen-bond donors (Lipinski definition) is 1. The molecule has 1 N–H and O–H groups in total. The van der Waals surface area contributed by atoms with E-state index in [2.05, 4.69) is 0 Å². The summed E-state index contributed by atoms with van der Waals surface area (Å²) in [5, 5.41) is 8.76. The van der Waals surface area contributed by atoms with Crippen LogP contribution in [0, 0.1) is 0 Å². The highest BCUT2D eigenvalue weighted by atomic mass is 32.2. The van der Waals surface area contributed by atoms with E-state index in [1.165, 1.54) is 6.92 Å². The molecule has 0 bridgehead atoms. The summed E-state index contributed by atoms with van der Waals surface area (Å²) in [6.45, 7) is 0.699. The van der Waals surface area contributed by atoms with E-state index in [4.69, 9.17) is 5.11 Å². The van der Waals surface area contributed by atoms with Crippen LogP contribution in [0.25, 0.3) is 0 Å². The topological polar surface area (TPSA) is 54.4 Å². The molecule has 0 fully saturated rings. The van der Waals surface area contributed by atoms with Gasteiger partial charge in [0, 0.05) is 0 Å². The number of aliphatic hydroxyl groups excluding tert-OH is 1. The molecule has 1 rings (SSSR count). The van der Waals surface area contributed by atoms with E-state index in [0.717, 1.165) is 12.1 Å². The standard InChI is InChI=1S/C10H11F3O3S/c1-2-17(15,16)9-4-3-7(6-14)5-8(9)10(11,12)13/h3-5,14H,2,6H2,1H3. The van der Waals surface area contributed by atoms with Gasteiger partial charge >= 0.3 is 6.18 Å². The van der Waals surface area contributed by atoms with E-state index in [1.807, 2.05) is 0 Å². The predicted octanol–water partition coefficient (Wildman–Crippen LogP) is 1.99.